The second-order valence-corrected chi connectivity index (χ2v) is 1.97. The van der Waals surface area contributed by atoms with Crippen molar-refractivity contribution in [3.63, 3.8) is 0 Å². The molecule has 0 aromatic carbocycles. The van der Waals surface area contributed by atoms with Crippen LogP contribution in [0.15, 0.2) is 22.5 Å². The van der Waals surface area contributed by atoms with Crippen molar-refractivity contribution in [1.82, 2.24) is 0 Å². The first-order valence-corrected chi connectivity index (χ1v) is 2.46. The van der Waals surface area contributed by atoms with Crippen LogP contribution < -0.4 is 34.7 Å². The Kier molecular flexibility index (Phi) is 3.21. The molecule has 0 saturated carbocycles. The Labute approximate surface area is 80.3 Å². The molecule has 0 amide bonds. The molecule has 1 aliphatic heterocycles. The third kappa shape index (κ3) is 1.65. The molecule has 1 unspecified atom stereocenters. The quantitative estimate of drug-likeness (QED) is 0.362. The fourth-order valence-corrected chi connectivity index (χ4v) is 0.474. The van der Waals surface area contributed by atoms with Crippen LogP contribution in [0.1, 0.15) is 6.92 Å². The first kappa shape index (κ1) is 9.81. The van der Waals surface area contributed by atoms with E-state index in [1.807, 2.05) is 0 Å². The summed E-state index contributed by atoms with van der Waals surface area (Å²) in [5.41, 5.74) is -1.22. The maximum atomic E-state index is 10.2. The predicted octanol–water partition coefficient (Wildman–Crippen LogP) is -3.52. The van der Waals surface area contributed by atoms with Crippen molar-refractivity contribution >= 4 is 5.97 Å². The Morgan fingerprint density at radius 1 is 1.70 bits per heavy atom. The normalized spacial score (nSPS) is 28.1. The van der Waals surface area contributed by atoms with Gasteiger partial charge in [0.05, 0.1) is 5.97 Å². The van der Waals surface area contributed by atoms with Crippen LogP contribution in [0.4, 0.5) is 0 Å². The molecule has 1 atom stereocenters. The van der Waals surface area contributed by atoms with Crippen LogP contribution >= 0.6 is 0 Å². The van der Waals surface area contributed by atoms with E-state index >= 15 is 0 Å². The van der Waals surface area contributed by atoms with Crippen molar-refractivity contribution in [1.29, 1.82) is 0 Å². The summed E-state index contributed by atoms with van der Waals surface area (Å²) in [5, 5.41) is 17.0. The molecule has 0 fully saturated rings. The zero-order valence-electron chi connectivity index (χ0n) is 5.87. The molecule has 48 valence electrons. The summed E-state index contributed by atoms with van der Waals surface area (Å²) in [4.78, 5) is 10.2. The molecule has 5 heteroatoms. The summed E-state index contributed by atoms with van der Waals surface area (Å²) in [7, 11) is 0. The van der Waals surface area contributed by atoms with E-state index < -0.39 is 11.5 Å². The monoisotopic (exact) mass is 148 g/mol. The van der Waals surface area contributed by atoms with Crippen LogP contribution in [0.5, 0.6) is 0 Å². The number of hydrogen-bond donors (Lipinski definition) is 0. The number of rotatable bonds is 1. The van der Waals surface area contributed by atoms with Gasteiger partial charge in [-0.3, -0.25) is 0 Å². The summed E-state index contributed by atoms with van der Waals surface area (Å²) in [5.74, 6) is -1.22. The fourth-order valence-electron chi connectivity index (χ4n) is 0.474. The molecule has 0 bridgehead atoms. The second-order valence-electron chi connectivity index (χ2n) is 1.97. The van der Waals surface area contributed by atoms with Crippen LogP contribution in [0.3, 0.4) is 0 Å². The summed E-state index contributed by atoms with van der Waals surface area (Å²) >= 11 is 0. The van der Waals surface area contributed by atoms with Crippen molar-refractivity contribution < 1.29 is 39.5 Å². The van der Waals surface area contributed by atoms with E-state index in [4.69, 9.17) is 0 Å². The number of carbonyl (C=O) groups is 1. The largest absolute Gasteiger partial charge is 1.00 e. The topological polar surface area (TPSA) is 64.8 Å². The van der Waals surface area contributed by atoms with Crippen molar-refractivity contribution in [2.75, 3.05) is 0 Å². The smallest absolute Gasteiger partial charge is 0.547 e. The van der Waals surface area contributed by atoms with Crippen molar-refractivity contribution in [2.24, 2.45) is 10.2 Å². The number of carboxylic acid groups (broad SMARTS) is 1. The molecule has 1 rings (SSSR count). The average Bonchev–Trinajstić information content (AvgIpc) is 2.16. The van der Waals surface area contributed by atoms with E-state index in [0.717, 1.165) is 0 Å². The number of hydrogen-bond acceptors (Lipinski definition) is 4. The number of nitrogens with zero attached hydrogens (tertiary/aromatic N) is 2. The van der Waals surface area contributed by atoms with E-state index in [1.165, 1.54) is 19.2 Å². The van der Waals surface area contributed by atoms with Crippen molar-refractivity contribution in [3.8, 4) is 0 Å². The van der Waals surface area contributed by atoms with Gasteiger partial charge in [-0.25, -0.2) is 0 Å². The van der Waals surface area contributed by atoms with Gasteiger partial charge in [0.25, 0.3) is 0 Å². The maximum absolute atomic E-state index is 10.2. The van der Waals surface area contributed by atoms with Gasteiger partial charge in [-0.2, -0.15) is 10.2 Å². The van der Waals surface area contributed by atoms with Gasteiger partial charge in [0.15, 0.2) is 0 Å². The maximum Gasteiger partial charge on any atom is 1.00 e. The Bertz CT molecular complexity index is 188. The molecule has 0 aromatic heterocycles. The Morgan fingerprint density at radius 3 is 2.50 bits per heavy atom. The molecule has 0 aromatic rings. The summed E-state index contributed by atoms with van der Waals surface area (Å²) in [6.07, 6.45) is 2.72. The molecule has 1 aliphatic rings. The first-order valence-electron chi connectivity index (χ1n) is 2.46. The van der Waals surface area contributed by atoms with Crippen LogP contribution in [-0.4, -0.2) is 11.5 Å². The van der Waals surface area contributed by atoms with Crippen LogP contribution in [0.25, 0.3) is 0 Å². The standard InChI is InChI=1S/C5H6N2O2.Na/c1-5(4(8)9)2-3-6-7-5;/h2-3H,1H3,(H,8,9);/q;+1/p-1. The Morgan fingerprint density at radius 2 is 2.30 bits per heavy atom. The SMILES string of the molecule is CC1(C(=O)[O-])C=CN=N1.[Na+]. The van der Waals surface area contributed by atoms with Crippen LogP contribution in [-0.2, 0) is 4.79 Å². The van der Waals surface area contributed by atoms with Crippen molar-refractivity contribution in [3.05, 3.63) is 12.3 Å². The third-order valence-corrected chi connectivity index (χ3v) is 1.14. The molecular formula is C5H5N2NaO2. The van der Waals surface area contributed by atoms with Gasteiger partial charge in [0.2, 0.25) is 0 Å². The van der Waals surface area contributed by atoms with E-state index in [1.54, 1.807) is 0 Å². The van der Waals surface area contributed by atoms with Gasteiger partial charge in [-0.05, 0) is 13.0 Å². The average molecular weight is 148 g/mol. The van der Waals surface area contributed by atoms with E-state index in [2.05, 4.69) is 10.2 Å². The molecule has 0 saturated heterocycles. The second kappa shape index (κ2) is 3.27. The first-order chi connectivity index (χ1) is 4.15. The minimum Gasteiger partial charge on any atom is -0.547 e. The molecular weight excluding hydrogens is 143 g/mol. The van der Waals surface area contributed by atoms with Crippen LogP contribution in [0.2, 0.25) is 0 Å². The number of azo groups is 1. The zero-order valence-corrected chi connectivity index (χ0v) is 7.87. The van der Waals surface area contributed by atoms with Crippen LogP contribution in [0, 0.1) is 0 Å². The molecule has 10 heavy (non-hydrogen) atoms. The Hall–Kier alpha value is -0.190. The minimum absolute atomic E-state index is 0. The van der Waals surface area contributed by atoms with Gasteiger partial charge < -0.3 is 9.90 Å². The summed E-state index contributed by atoms with van der Waals surface area (Å²) < 4.78 is 0. The summed E-state index contributed by atoms with van der Waals surface area (Å²) in [6, 6.07) is 0. The fraction of sp³-hybridized carbons (Fsp3) is 0.400. The van der Waals surface area contributed by atoms with E-state index in [-0.39, 0.29) is 29.6 Å². The molecule has 0 spiro atoms. The molecule has 1 heterocycles. The van der Waals surface area contributed by atoms with Gasteiger partial charge >= 0.3 is 29.6 Å². The van der Waals surface area contributed by atoms with Gasteiger partial charge in [0, 0.05) is 6.20 Å². The van der Waals surface area contributed by atoms with E-state index in [9.17, 15) is 9.90 Å². The Balaban J connectivity index is 0.000000810. The van der Waals surface area contributed by atoms with Crippen molar-refractivity contribution in [2.45, 2.75) is 12.5 Å². The molecule has 4 nitrogen and oxygen atoms in total. The third-order valence-electron chi connectivity index (χ3n) is 1.14. The number of carboxylic acids is 1. The van der Waals surface area contributed by atoms with E-state index in [0.29, 0.717) is 0 Å². The molecule has 0 radical (unpaired) electrons. The van der Waals surface area contributed by atoms with Gasteiger partial charge in [0.1, 0.15) is 5.54 Å². The number of aliphatic carboxylic acids is 1. The minimum atomic E-state index is -1.22. The van der Waals surface area contributed by atoms with Gasteiger partial charge in [-0.1, -0.05) is 0 Å². The number of carbonyl (C=O) groups excluding carboxylic acids is 1. The zero-order chi connectivity index (χ0) is 6.91. The predicted molar refractivity (Wildman–Crippen MR) is 27.4 cm³/mol. The molecule has 0 aliphatic carbocycles. The van der Waals surface area contributed by atoms with Gasteiger partial charge in [-0.15, -0.1) is 0 Å². The molecule has 0 N–H and O–H groups in total. The summed E-state index contributed by atoms with van der Waals surface area (Å²) in [6.45, 7) is 1.43.